The molecule has 1 aromatic rings. The van der Waals surface area contributed by atoms with Crippen molar-refractivity contribution in [1.29, 1.82) is 0 Å². The molecule has 1 aliphatic carbocycles. The van der Waals surface area contributed by atoms with Gasteiger partial charge in [-0.1, -0.05) is 12.1 Å². The van der Waals surface area contributed by atoms with Gasteiger partial charge in [-0.25, -0.2) is 0 Å². The minimum absolute atomic E-state index is 0. The summed E-state index contributed by atoms with van der Waals surface area (Å²) in [7, 11) is 1.70. The molecule has 0 bridgehead atoms. The van der Waals surface area contributed by atoms with Crippen LogP contribution in [0.1, 0.15) is 31.4 Å². The second-order valence-corrected chi connectivity index (χ2v) is 6.94. The van der Waals surface area contributed by atoms with Crippen LogP contribution < -0.4 is 10.1 Å². The molecule has 1 saturated heterocycles. The summed E-state index contributed by atoms with van der Waals surface area (Å²) >= 11 is 0. The Labute approximate surface area is 169 Å². The highest BCUT2D eigenvalue weighted by molar-refractivity contribution is 5.85. The van der Waals surface area contributed by atoms with Crippen molar-refractivity contribution in [2.24, 2.45) is 5.92 Å². The van der Waals surface area contributed by atoms with E-state index >= 15 is 0 Å². The number of rotatable bonds is 7. The van der Waals surface area contributed by atoms with E-state index in [1.54, 1.807) is 7.11 Å². The van der Waals surface area contributed by atoms with Gasteiger partial charge in [-0.3, -0.25) is 9.69 Å². The number of amides is 1. The lowest BCUT2D eigenvalue weighted by Crippen LogP contribution is -2.51. The number of nitrogens with one attached hydrogen (secondary N) is 1. The Morgan fingerprint density at radius 2 is 1.92 bits per heavy atom. The van der Waals surface area contributed by atoms with Crippen LogP contribution in [0, 0.1) is 5.92 Å². The fraction of sp³-hybridized carbons (Fsp3) is 0.632. The van der Waals surface area contributed by atoms with Gasteiger partial charge in [0.15, 0.2) is 0 Å². The van der Waals surface area contributed by atoms with Gasteiger partial charge in [0.1, 0.15) is 5.75 Å². The molecule has 5 nitrogen and oxygen atoms in total. The first-order valence-electron chi connectivity index (χ1n) is 9.04. The predicted molar refractivity (Wildman–Crippen MR) is 110 cm³/mol. The highest BCUT2D eigenvalue weighted by Gasteiger charge is 2.25. The lowest BCUT2D eigenvalue weighted by atomic mass is 10.1. The molecule has 1 N–H and O–H groups in total. The second-order valence-electron chi connectivity index (χ2n) is 6.94. The van der Waals surface area contributed by atoms with Crippen LogP contribution in [0.5, 0.6) is 5.75 Å². The molecule has 1 unspecified atom stereocenters. The van der Waals surface area contributed by atoms with E-state index in [1.165, 1.54) is 18.4 Å². The maximum Gasteiger partial charge on any atom is 0.236 e. The van der Waals surface area contributed by atoms with Gasteiger partial charge >= 0.3 is 0 Å². The number of carbonyl (C=O) groups excluding carboxylic acids is 1. The molecule has 3 rings (SSSR count). The fourth-order valence-electron chi connectivity index (χ4n) is 3.29. The van der Waals surface area contributed by atoms with Gasteiger partial charge in [0.25, 0.3) is 0 Å². The van der Waals surface area contributed by atoms with E-state index in [2.05, 4.69) is 29.3 Å². The van der Waals surface area contributed by atoms with Crippen LogP contribution in [-0.4, -0.2) is 62.1 Å². The lowest BCUT2D eigenvalue weighted by molar-refractivity contribution is -0.132. The van der Waals surface area contributed by atoms with Gasteiger partial charge in [-0.05, 0) is 49.9 Å². The Morgan fingerprint density at radius 1 is 1.23 bits per heavy atom. The third kappa shape index (κ3) is 6.31. The van der Waals surface area contributed by atoms with Crippen molar-refractivity contribution in [2.75, 3.05) is 46.4 Å². The van der Waals surface area contributed by atoms with Gasteiger partial charge in [0.2, 0.25) is 5.91 Å². The van der Waals surface area contributed by atoms with Gasteiger partial charge in [0.05, 0.1) is 13.7 Å². The van der Waals surface area contributed by atoms with Crippen LogP contribution in [0.15, 0.2) is 24.3 Å². The molecule has 26 heavy (non-hydrogen) atoms. The predicted octanol–water partition coefficient (Wildman–Crippen LogP) is 2.74. The van der Waals surface area contributed by atoms with E-state index in [0.29, 0.717) is 12.6 Å². The zero-order chi connectivity index (χ0) is 16.9. The first-order chi connectivity index (χ1) is 11.7. The minimum Gasteiger partial charge on any atom is -0.497 e. The van der Waals surface area contributed by atoms with E-state index in [0.717, 1.165) is 44.4 Å². The molecule has 1 saturated carbocycles. The van der Waals surface area contributed by atoms with Crippen molar-refractivity contribution < 1.29 is 9.53 Å². The Hall–Kier alpha value is -1.01. The van der Waals surface area contributed by atoms with E-state index in [1.807, 2.05) is 17.0 Å². The summed E-state index contributed by atoms with van der Waals surface area (Å²) in [4.78, 5) is 16.7. The summed E-state index contributed by atoms with van der Waals surface area (Å²) < 4.78 is 5.32. The van der Waals surface area contributed by atoms with Crippen molar-refractivity contribution in [3.05, 3.63) is 29.8 Å². The van der Waals surface area contributed by atoms with Gasteiger partial charge in [-0.2, -0.15) is 0 Å². The third-order valence-electron chi connectivity index (χ3n) is 5.20. The van der Waals surface area contributed by atoms with E-state index in [9.17, 15) is 4.79 Å². The maximum atomic E-state index is 12.3. The molecular formula is C19H31Cl2N3O2. The Kier molecular flexibility index (Phi) is 9.72. The van der Waals surface area contributed by atoms with E-state index < -0.39 is 0 Å². The van der Waals surface area contributed by atoms with Crippen LogP contribution >= 0.6 is 24.8 Å². The number of nitrogens with zero attached hydrogens (tertiary/aromatic N) is 2. The lowest BCUT2D eigenvalue weighted by Gasteiger charge is -2.38. The largest absolute Gasteiger partial charge is 0.497 e. The summed E-state index contributed by atoms with van der Waals surface area (Å²) in [6.07, 6.45) is 2.64. The van der Waals surface area contributed by atoms with Crippen molar-refractivity contribution in [2.45, 2.75) is 25.8 Å². The molecule has 2 aliphatic rings. The summed E-state index contributed by atoms with van der Waals surface area (Å²) in [5, 5.41) is 3.30. The number of piperazine rings is 1. The average Bonchev–Trinajstić information content (AvgIpc) is 3.45. The van der Waals surface area contributed by atoms with E-state index in [4.69, 9.17) is 4.74 Å². The number of hydrogen-bond acceptors (Lipinski definition) is 4. The second kappa shape index (κ2) is 11.0. The molecule has 0 radical (unpaired) electrons. The zero-order valence-electron chi connectivity index (χ0n) is 15.6. The molecular weight excluding hydrogens is 373 g/mol. The molecule has 7 heteroatoms. The standard InChI is InChI=1S/C19H29N3O2.2ClH/c1-15(17-4-3-5-18(12-17)24-2)21-8-10-22(11-9-21)19(23)14-20-13-16-6-7-16;;/h3-5,12,15-16,20H,6-11,13-14H2,1-2H3;2*1H. The molecule has 1 aromatic carbocycles. The average molecular weight is 404 g/mol. The van der Waals surface area contributed by atoms with Crippen LogP contribution in [0.3, 0.4) is 0 Å². The molecule has 0 aromatic heterocycles. The zero-order valence-corrected chi connectivity index (χ0v) is 17.3. The summed E-state index contributed by atoms with van der Waals surface area (Å²) in [6, 6.07) is 8.60. The van der Waals surface area contributed by atoms with Crippen molar-refractivity contribution in [1.82, 2.24) is 15.1 Å². The molecule has 1 atom stereocenters. The Morgan fingerprint density at radius 3 is 2.54 bits per heavy atom. The minimum atomic E-state index is 0. The van der Waals surface area contributed by atoms with Crippen molar-refractivity contribution in [3.63, 3.8) is 0 Å². The monoisotopic (exact) mass is 403 g/mol. The fourth-order valence-corrected chi connectivity index (χ4v) is 3.29. The smallest absolute Gasteiger partial charge is 0.236 e. The molecule has 2 fully saturated rings. The highest BCUT2D eigenvalue weighted by atomic mass is 35.5. The quantitative estimate of drug-likeness (QED) is 0.759. The number of halogens is 2. The Bertz CT molecular complexity index is 561. The van der Waals surface area contributed by atoms with Gasteiger partial charge < -0.3 is 15.0 Å². The number of methoxy groups -OCH3 is 1. The number of carbonyl (C=O) groups is 1. The SMILES string of the molecule is COc1cccc(C(C)N2CCN(C(=O)CNCC3CC3)CC2)c1.Cl.Cl. The van der Waals surface area contributed by atoms with Crippen LogP contribution in [0.25, 0.3) is 0 Å². The topological polar surface area (TPSA) is 44.8 Å². The maximum absolute atomic E-state index is 12.3. The molecule has 1 heterocycles. The molecule has 0 spiro atoms. The van der Waals surface area contributed by atoms with Crippen LogP contribution in [0.2, 0.25) is 0 Å². The number of ether oxygens (including phenoxy) is 1. The van der Waals surface area contributed by atoms with Gasteiger partial charge in [0, 0.05) is 32.2 Å². The third-order valence-corrected chi connectivity index (χ3v) is 5.20. The first kappa shape index (κ1) is 23.0. The summed E-state index contributed by atoms with van der Waals surface area (Å²) in [5.41, 5.74) is 1.26. The van der Waals surface area contributed by atoms with E-state index in [-0.39, 0.29) is 30.7 Å². The summed E-state index contributed by atoms with van der Waals surface area (Å²) in [6.45, 7) is 7.19. The molecule has 1 amide bonds. The van der Waals surface area contributed by atoms with Crippen molar-refractivity contribution >= 4 is 30.7 Å². The Balaban J connectivity index is 0.00000169. The normalized spacial score (nSPS) is 18.5. The number of benzene rings is 1. The highest BCUT2D eigenvalue weighted by Crippen LogP contribution is 2.27. The number of hydrogen-bond donors (Lipinski definition) is 1. The van der Waals surface area contributed by atoms with Crippen LogP contribution in [-0.2, 0) is 4.79 Å². The summed E-state index contributed by atoms with van der Waals surface area (Å²) in [5.74, 6) is 1.96. The van der Waals surface area contributed by atoms with Crippen LogP contribution in [0.4, 0.5) is 0 Å². The first-order valence-corrected chi connectivity index (χ1v) is 9.04. The van der Waals surface area contributed by atoms with Crippen molar-refractivity contribution in [3.8, 4) is 5.75 Å². The molecule has 148 valence electrons. The molecule has 1 aliphatic heterocycles. The van der Waals surface area contributed by atoms with Gasteiger partial charge in [-0.15, -0.1) is 24.8 Å².